The third-order valence-corrected chi connectivity index (χ3v) is 2.67. The van der Waals surface area contributed by atoms with Crippen molar-refractivity contribution in [2.75, 3.05) is 13.8 Å². The van der Waals surface area contributed by atoms with Crippen LogP contribution < -0.4 is 10.5 Å². The smallest absolute Gasteiger partial charge is 0.119 e. The summed E-state index contributed by atoms with van der Waals surface area (Å²) in [6.07, 6.45) is 0. The van der Waals surface area contributed by atoms with E-state index in [1.54, 1.807) is 7.11 Å². The van der Waals surface area contributed by atoms with Crippen LogP contribution in [0.1, 0.15) is 11.6 Å². The number of nitrogens with two attached hydrogens (primary N) is 1. The highest BCUT2D eigenvalue weighted by molar-refractivity contribution is 5.84. The Balaban J connectivity index is 2.47. The molecule has 3 heteroatoms. The van der Waals surface area contributed by atoms with Crippen molar-refractivity contribution in [3.05, 3.63) is 42.0 Å². The molecule has 2 aromatic rings. The summed E-state index contributed by atoms with van der Waals surface area (Å²) in [4.78, 5) is 0. The summed E-state index contributed by atoms with van der Waals surface area (Å²) in [5.74, 6) is 0.815. The minimum absolute atomic E-state index is 0.536. The molecule has 2 nitrogen and oxygen atoms in total. The molecule has 0 fully saturated rings. The first-order chi connectivity index (χ1) is 7.74. The molecule has 0 amide bonds. The molecule has 0 saturated heterocycles. The largest absolute Gasteiger partial charge is 0.497 e. The quantitative estimate of drug-likeness (QED) is 0.861. The zero-order valence-corrected chi connectivity index (χ0v) is 9.11. The van der Waals surface area contributed by atoms with Gasteiger partial charge in [-0.05, 0) is 34.5 Å². The Morgan fingerprint density at radius 2 is 1.88 bits per heavy atom. The number of methoxy groups -OCH3 is 1. The Kier molecular flexibility index (Phi) is 3.06. The lowest BCUT2D eigenvalue weighted by atomic mass is 10.0. The van der Waals surface area contributed by atoms with Crippen LogP contribution in [0.4, 0.5) is 4.39 Å². The molecule has 2 N–H and O–H groups in total. The highest BCUT2D eigenvalue weighted by Gasteiger charge is 2.06. The molecule has 0 aliphatic rings. The van der Waals surface area contributed by atoms with Crippen LogP contribution >= 0.6 is 0 Å². The monoisotopic (exact) mass is 219 g/mol. The molecule has 2 rings (SSSR count). The van der Waals surface area contributed by atoms with Gasteiger partial charge in [0.15, 0.2) is 0 Å². The highest BCUT2D eigenvalue weighted by atomic mass is 19.1. The molecule has 0 saturated carbocycles. The molecule has 84 valence electrons. The van der Waals surface area contributed by atoms with Gasteiger partial charge < -0.3 is 10.5 Å². The Labute approximate surface area is 93.8 Å². The van der Waals surface area contributed by atoms with Crippen molar-refractivity contribution in [1.29, 1.82) is 0 Å². The van der Waals surface area contributed by atoms with E-state index < -0.39 is 12.7 Å². The van der Waals surface area contributed by atoms with Crippen molar-refractivity contribution in [2.45, 2.75) is 6.04 Å². The number of hydrogen-bond acceptors (Lipinski definition) is 2. The van der Waals surface area contributed by atoms with Gasteiger partial charge in [0, 0.05) is 0 Å². The first-order valence-corrected chi connectivity index (χ1v) is 5.14. The Bertz CT molecular complexity index is 498. The normalized spacial score (nSPS) is 12.7. The number of rotatable bonds is 3. The molecule has 0 radical (unpaired) electrons. The fourth-order valence-corrected chi connectivity index (χ4v) is 1.69. The SMILES string of the molecule is COc1ccc2cc([C@H](N)CF)ccc2c1. The zero-order chi connectivity index (χ0) is 11.5. The van der Waals surface area contributed by atoms with E-state index in [0.717, 1.165) is 22.1 Å². The van der Waals surface area contributed by atoms with Crippen molar-refractivity contribution >= 4 is 10.8 Å². The van der Waals surface area contributed by atoms with Crippen LogP contribution in [-0.4, -0.2) is 13.8 Å². The van der Waals surface area contributed by atoms with Crippen LogP contribution in [0.3, 0.4) is 0 Å². The predicted octanol–water partition coefficient (Wildman–Crippen LogP) is 2.82. The lowest BCUT2D eigenvalue weighted by Gasteiger charge is -2.09. The Hall–Kier alpha value is -1.61. The number of ether oxygens (including phenoxy) is 1. The molecule has 0 heterocycles. The fraction of sp³-hybridized carbons (Fsp3) is 0.231. The topological polar surface area (TPSA) is 35.2 Å². The van der Waals surface area contributed by atoms with Crippen molar-refractivity contribution < 1.29 is 9.13 Å². The van der Waals surface area contributed by atoms with E-state index in [1.165, 1.54) is 0 Å². The Morgan fingerprint density at radius 1 is 1.19 bits per heavy atom. The number of halogens is 1. The first-order valence-electron chi connectivity index (χ1n) is 5.14. The van der Waals surface area contributed by atoms with Gasteiger partial charge in [0.25, 0.3) is 0 Å². The van der Waals surface area contributed by atoms with Gasteiger partial charge in [0.1, 0.15) is 12.4 Å². The summed E-state index contributed by atoms with van der Waals surface area (Å²) < 4.78 is 17.6. The Morgan fingerprint density at radius 3 is 2.56 bits per heavy atom. The number of hydrogen-bond donors (Lipinski definition) is 1. The predicted molar refractivity (Wildman–Crippen MR) is 63.4 cm³/mol. The van der Waals surface area contributed by atoms with Gasteiger partial charge in [-0.3, -0.25) is 0 Å². The molecule has 0 spiro atoms. The zero-order valence-electron chi connectivity index (χ0n) is 9.11. The summed E-state index contributed by atoms with van der Waals surface area (Å²) >= 11 is 0. The molecule has 1 atom stereocenters. The lowest BCUT2D eigenvalue weighted by Crippen LogP contribution is -2.11. The molecular formula is C13H14FNO. The van der Waals surface area contributed by atoms with E-state index >= 15 is 0 Å². The van der Waals surface area contributed by atoms with Gasteiger partial charge in [-0.1, -0.05) is 18.2 Å². The highest BCUT2D eigenvalue weighted by Crippen LogP contribution is 2.23. The molecule has 0 aliphatic carbocycles. The fourth-order valence-electron chi connectivity index (χ4n) is 1.69. The van der Waals surface area contributed by atoms with Crippen molar-refractivity contribution in [2.24, 2.45) is 5.73 Å². The van der Waals surface area contributed by atoms with E-state index in [9.17, 15) is 4.39 Å². The lowest BCUT2D eigenvalue weighted by molar-refractivity contribution is 0.415. The van der Waals surface area contributed by atoms with Gasteiger partial charge in [0.05, 0.1) is 13.2 Å². The minimum atomic E-state index is -0.540. The van der Waals surface area contributed by atoms with Crippen molar-refractivity contribution in [1.82, 2.24) is 0 Å². The van der Waals surface area contributed by atoms with Crippen LogP contribution in [-0.2, 0) is 0 Å². The second kappa shape index (κ2) is 4.49. The van der Waals surface area contributed by atoms with Crippen LogP contribution in [0.2, 0.25) is 0 Å². The number of alkyl halides is 1. The van der Waals surface area contributed by atoms with Crippen molar-refractivity contribution in [3.63, 3.8) is 0 Å². The minimum Gasteiger partial charge on any atom is -0.497 e. The van der Waals surface area contributed by atoms with Gasteiger partial charge >= 0.3 is 0 Å². The molecule has 0 aliphatic heterocycles. The van der Waals surface area contributed by atoms with E-state index in [0.29, 0.717) is 0 Å². The molecule has 0 bridgehead atoms. The van der Waals surface area contributed by atoms with Gasteiger partial charge in [0.2, 0.25) is 0 Å². The maximum absolute atomic E-state index is 12.4. The average Bonchev–Trinajstić information content (AvgIpc) is 2.36. The third kappa shape index (κ3) is 1.99. The molecule has 0 unspecified atom stereocenters. The van der Waals surface area contributed by atoms with Gasteiger partial charge in [-0.15, -0.1) is 0 Å². The average molecular weight is 219 g/mol. The van der Waals surface area contributed by atoms with E-state index in [4.69, 9.17) is 10.5 Å². The van der Waals surface area contributed by atoms with E-state index in [2.05, 4.69) is 0 Å². The molecule has 2 aromatic carbocycles. The maximum Gasteiger partial charge on any atom is 0.119 e. The number of benzene rings is 2. The summed E-state index contributed by atoms with van der Waals surface area (Å²) in [6.45, 7) is -0.540. The third-order valence-electron chi connectivity index (χ3n) is 2.67. The second-order valence-corrected chi connectivity index (χ2v) is 3.73. The summed E-state index contributed by atoms with van der Waals surface area (Å²) in [5.41, 5.74) is 6.46. The summed E-state index contributed by atoms with van der Waals surface area (Å²) in [6, 6.07) is 10.9. The van der Waals surface area contributed by atoms with Crippen LogP contribution in [0.25, 0.3) is 10.8 Å². The van der Waals surface area contributed by atoms with Crippen LogP contribution in [0, 0.1) is 0 Å². The van der Waals surface area contributed by atoms with E-state index in [-0.39, 0.29) is 0 Å². The maximum atomic E-state index is 12.4. The molecular weight excluding hydrogens is 205 g/mol. The molecule has 0 aromatic heterocycles. The number of fused-ring (bicyclic) bond motifs is 1. The first kappa shape index (κ1) is 10.9. The van der Waals surface area contributed by atoms with Crippen molar-refractivity contribution in [3.8, 4) is 5.75 Å². The van der Waals surface area contributed by atoms with Gasteiger partial charge in [-0.2, -0.15) is 0 Å². The summed E-state index contributed by atoms with van der Waals surface area (Å²) in [7, 11) is 1.63. The second-order valence-electron chi connectivity index (χ2n) is 3.73. The van der Waals surface area contributed by atoms with Crippen LogP contribution in [0.5, 0.6) is 5.75 Å². The standard InChI is InChI=1S/C13H14FNO/c1-16-12-5-4-9-6-11(13(15)8-14)3-2-10(9)7-12/h2-7,13H,8,15H2,1H3/t13-/m1/s1. The van der Waals surface area contributed by atoms with E-state index in [1.807, 2.05) is 36.4 Å². The molecule has 16 heavy (non-hydrogen) atoms. The van der Waals surface area contributed by atoms with Gasteiger partial charge in [-0.25, -0.2) is 4.39 Å². The summed E-state index contributed by atoms with van der Waals surface area (Å²) in [5, 5.41) is 2.11. The van der Waals surface area contributed by atoms with Crippen LogP contribution in [0.15, 0.2) is 36.4 Å².